The minimum absolute atomic E-state index is 0.856. The molecule has 3 aromatic heterocycles. The highest BCUT2D eigenvalue weighted by molar-refractivity contribution is 5.83. The number of aromatic nitrogens is 3. The summed E-state index contributed by atoms with van der Waals surface area (Å²) in [7, 11) is 0. The first-order valence-electron chi connectivity index (χ1n) is 7.80. The third-order valence-corrected chi connectivity index (χ3v) is 3.86. The highest BCUT2D eigenvalue weighted by atomic mass is 14.8. The SMILES string of the molecule is c1ccc(-c2cc(-c3ccccn3)ncc2-c2ccccn2)cc1. The van der Waals surface area contributed by atoms with Gasteiger partial charge in [-0.2, -0.15) is 0 Å². The van der Waals surface area contributed by atoms with Crippen LogP contribution in [0.15, 0.2) is 91.4 Å². The van der Waals surface area contributed by atoms with Gasteiger partial charge in [0.05, 0.1) is 17.1 Å². The Balaban J connectivity index is 1.92. The summed E-state index contributed by atoms with van der Waals surface area (Å²) >= 11 is 0. The molecule has 24 heavy (non-hydrogen) atoms. The molecule has 3 heterocycles. The van der Waals surface area contributed by atoms with E-state index in [2.05, 4.69) is 33.2 Å². The quantitative estimate of drug-likeness (QED) is 0.542. The monoisotopic (exact) mass is 309 g/mol. The molecule has 0 fully saturated rings. The summed E-state index contributed by atoms with van der Waals surface area (Å²) in [6, 6.07) is 24.1. The smallest absolute Gasteiger partial charge is 0.0892 e. The van der Waals surface area contributed by atoms with Gasteiger partial charge in [0, 0.05) is 24.2 Å². The summed E-state index contributed by atoms with van der Waals surface area (Å²) in [6.07, 6.45) is 5.47. The van der Waals surface area contributed by atoms with Gasteiger partial charge in [-0.1, -0.05) is 42.5 Å². The van der Waals surface area contributed by atoms with E-state index in [4.69, 9.17) is 0 Å². The Morgan fingerprint density at radius 2 is 1.17 bits per heavy atom. The normalized spacial score (nSPS) is 10.5. The van der Waals surface area contributed by atoms with Crippen molar-refractivity contribution in [1.82, 2.24) is 15.0 Å². The Morgan fingerprint density at radius 3 is 1.83 bits per heavy atom. The van der Waals surface area contributed by atoms with Gasteiger partial charge >= 0.3 is 0 Å². The second-order valence-electron chi connectivity index (χ2n) is 5.41. The number of nitrogens with zero attached hydrogens (tertiary/aromatic N) is 3. The molecule has 0 aliphatic heterocycles. The lowest BCUT2D eigenvalue weighted by Gasteiger charge is -2.11. The van der Waals surface area contributed by atoms with Gasteiger partial charge in [0.1, 0.15) is 0 Å². The van der Waals surface area contributed by atoms with Crippen LogP contribution in [0.3, 0.4) is 0 Å². The zero-order valence-corrected chi connectivity index (χ0v) is 13.0. The fourth-order valence-corrected chi connectivity index (χ4v) is 2.69. The van der Waals surface area contributed by atoms with Crippen LogP contribution in [-0.4, -0.2) is 15.0 Å². The number of rotatable bonds is 3. The van der Waals surface area contributed by atoms with Gasteiger partial charge in [0.15, 0.2) is 0 Å². The average Bonchev–Trinajstić information content (AvgIpc) is 2.69. The Labute approximate surface area is 140 Å². The fourth-order valence-electron chi connectivity index (χ4n) is 2.69. The second-order valence-corrected chi connectivity index (χ2v) is 5.41. The fraction of sp³-hybridized carbons (Fsp3) is 0. The Morgan fingerprint density at radius 1 is 0.500 bits per heavy atom. The van der Waals surface area contributed by atoms with Gasteiger partial charge in [0.2, 0.25) is 0 Å². The van der Waals surface area contributed by atoms with Crippen LogP contribution < -0.4 is 0 Å². The number of hydrogen-bond donors (Lipinski definition) is 0. The van der Waals surface area contributed by atoms with E-state index in [1.807, 2.05) is 60.8 Å². The third kappa shape index (κ3) is 2.79. The van der Waals surface area contributed by atoms with Crippen molar-refractivity contribution >= 4 is 0 Å². The van der Waals surface area contributed by atoms with Crippen LogP contribution in [0, 0.1) is 0 Å². The maximum Gasteiger partial charge on any atom is 0.0892 e. The van der Waals surface area contributed by atoms with E-state index in [0.29, 0.717) is 0 Å². The van der Waals surface area contributed by atoms with E-state index in [0.717, 1.165) is 33.8 Å². The van der Waals surface area contributed by atoms with Crippen LogP contribution in [0.1, 0.15) is 0 Å². The van der Waals surface area contributed by atoms with Crippen LogP contribution in [0.5, 0.6) is 0 Å². The first-order chi connectivity index (χ1) is 11.9. The molecule has 4 aromatic rings. The van der Waals surface area contributed by atoms with Crippen molar-refractivity contribution in [2.24, 2.45) is 0 Å². The molecule has 3 heteroatoms. The first kappa shape index (κ1) is 14.3. The molecule has 0 spiro atoms. The first-order valence-corrected chi connectivity index (χ1v) is 7.80. The number of benzene rings is 1. The molecule has 114 valence electrons. The van der Waals surface area contributed by atoms with E-state index < -0.39 is 0 Å². The largest absolute Gasteiger partial charge is 0.256 e. The molecule has 3 nitrogen and oxygen atoms in total. The Hall–Kier alpha value is -3.33. The maximum absolute atomic E-state index is 4.61. The molecule has 0 unspecified atom stereocenters. The van der Waals surface area contributed by atoms with E-state index in [-0.39, 0.29) is 0 Å². The molecule has 1 aromatic carbocycles. The van der Waals surface area contributed by atoms with Crippen molar-refractivity contribution in [3.8, 4) is 33.8 Å². The molecule has 0 bridgehead atoms. The molecule has 0 saturated heterocycles. The predicted molar refractivity (Wildman–Crippen MR) is 96.1 cm³/mol. The maximum atomic E-state index is 4.61. The standard InChI is InChI=1S/C21H15N3/c1-2-8-16(9-3-1)17-14-21(20-11-5-7-13-23-20)24-15-18(17)19-10-4-6-12-22-19/h1-15H. The van der Waals surface area contributed by atoms with Crippen molar-refractivity contribution < 1.29 is 0 Å². The topological polar surface area (TPSA) is 38.7 Å². The molecule has 0 aliphatic rings. The van der Waals surface area contributed by atoms with Gasteiger partial charge in [0.25, 0.3) is 0 Å². The summed E-state index contributed by atoms with van der Waals surface area (Å²) in [5.41, 5.74) is 5.89. The molecule has 0 aliphatic carbocycles. The number of hydrogen-bond acceptors (Lipinski definition) is 3. The molecule has 0 atom stereocenters. The summed E-state index contributed by atoms with van der Waals surface area (Å²) in [5, 5.41) is 0. The highest BCUT2D eigenvalue weighted by Crippen LogP contribution is 2.32. The van der Waals surface area contributed by atoms with E-state index >= 15 is 0 Å². The van der Waals surface area contributed by atoms with Crippen LogP contribution in [0.2, 0.25) is 0 Å². The Bertz CT molecular complexity index is 936. The van der Waals surface area contributed by atoms with E-state index in [9.17, 15) is 0 Å². The van der Waals surface area contributed by atoms with E-state index in [1.165, 1.54) is 0 Å². The van der Waals surface area contributed by atoms with Crippen molar-refractivity contribution in [2.45, 2.75) is 0 Å². The van der Waals surface area contributed by atoms with Crippen molar-refractivity contribution in [2.75, 3.05) is 0 Å². The minimum atomic E-state index is 0.856. The molecule has 0 radical (unpaired) electrons. The van der Waals surface area contributed by atoms with Gasteiger partial charge < -0.3 is 0 Å². The van der Waals surface area contributed by atoms with Crippen LogP contribution in [-0.2, 0) is 0 Å². The van der Waals surface area contributed by atoms with Crippen LogP contribution in [0.4, 0.5) is 0 Å². The Kier molecular flexibility index (Phi) is 3.82. The molecule has 0 amide bonds. The lowest BCUT2D eigenvalue weighted by atomic mass is 9.98. The lowest BCUT2D eigenvalue weighted by Crippen LogP contribution is -1.93. The van der Waals surface area contributed by atoms with Crippen LogP contribution in [0.25, 0.3) is 33.8 Å². The summed E-state index contributed by atoms with van der Waals surface area (Å²) in [5.74, 6) is 0. The van der Waals surface area contributed by atoms with E-state index in [1.54, 1.807) is 12.4 Å². The molecular weight excluding hydrogens is 294 g/mol. The molecule has 0 N–H and O–H groups in total. The highest BCUT2D eigenvalue weighted by Gasteiger charge is 2.11. The molecule has 4 rings (SSSR count). The van der Waals surface area contributed by atoms with Gasteiger partial charge in [-0.05, 0) is 41.5 Å². The van der Waals surface area contributed by atoms with Crippen LogP contribution >= 0.6 is 0 Å². The summed E-state index contributed by atoms with van der Waals surface area (Å²) in [6.45, 7) is 0. The number of pyridine rings is 3. The minimum Gasteiger partial charge on any atom is -0.256 e. The second kappa shape index (κ2) is 6.42. The average molecular weight is 309 g/mol. The molecular formula is C21H15N3. The lowest BCUT2D eigenvalue weighted by molar-refractivity contribution is 1.24. The zero-order chi connectivity index (χ0) is 16.2. The van der Waals surface area contributed by atoms with Gasteiger partial charge in [-0.25, -0.2) is 0 Å². The molecule has 0 saturated carbocycles. The summed E-state index contributed by atoms with van der Waals surface area (Å²) < 4.78 is 0. The third-order valence-electron chi connectivity index (χ3n) is 3.86. The van der Waals surface area contributed by atoms with Gasteiger partial charge in [-0.15, -0.1) is 0 Å². The van der Waals surface area contributed by atoms with Crippen molar-refractivity contribution in [3.05, 3.63) is 91.4 Å². The zero-order valence-electron chi connectivity index (χ0n) is 13.0. The predicted octanol–water partition coefficient (Wildman–Crippen LogP) is 4.87. The van der Waals surface area contributed by atoms with Crippen molar-refractivity contribution in [1.29, 1.82) is 0 Å². The van der Waals surface area contributed by atoms with Gasteiger partial charge in [-0.3, -0.25) is 15.0 Å². The summed E-state index contributed by atoms with van der Waals surface area (Å²) in [4.78, 5) is 13.5. The van der Waals surface area contributed by atoms with Crippen molar-refractivity contribution in [3.63, 3.8) is 0 Å².